The summed E-state index contributed by atoms with van der Waals surface area (Å²) in [4.78, 5) is 13.3. The number of aliphatic hydroxyl groups is 1. The van der Waals surface area contributed by atoms with Crippen LogP contribution in [-0.2, 0) is 0 Å². The highest BCUT2D eigenvalue weighted by atomic mass is 32.2. The zero-order valence-electron chi connectivity index (χ0n) is 21.5. The van der Waals surface area contributed by atoms with Crippen LogP contribution in [-0.4, -0.2) is 73.2 Å². The summed E-state index contributed by atoms with van der Waals surface area (Å²) in [6.45, 7) is 2.95. The molecule has 0 amide bonds. The lowest BCUT2D eigenvalue weighted by Crippen LogP contribution is -2.42. The van der Waals surface area contributed by atoms with E-state index < -0.39 is 6.17 Å². The number of nitrogens with zero attached hydrogens (tertiary/aromatic N) is 4. The number of aromatic nitrogens is 2. The van der Waals surface area contributed by atoms with Crippen LogP contribution in [0.1, 0.15) is 37.4 Å². The Labute approximate surface area is 217 Å². The Morgan fingerprint density at radius 3 is 2.67 bits per heavy atom. The van der Waals surface area contributed by atoms with E-state index >= 15 is 4.39 Å². The van der Waals surface area contributed by atoms with Gasteiger partial charge < -0.3 is 19.6 Å². The minimum absolute atomic E-state index is 0.0989. The van der Waals surface area contributed by atoms with Crippen LogP contribution in [0.3, 0.4) is 0 Å². The highest BCUT2D eigenvalue weighted by Crippen LogP contribution is 2.42. The van der Waals surface area contributed by atoms with Crippen LogP contribution in [0.15, 0.2) is 53.8 Å². The molecule has 1 saturated heterocycles. The van der Waals surface area contributed by atoms with E-state index in [0.29, 0.717) is 24.2 Å². The minimum atomic E-state index is -1.16. The highest BCUT2D eigenvalue weighted by Gasteiger charge is 2.35. The van der Waals surface area contributed by atoms with Gasteiger partial charge in [-0.15, -0.1) is 11.8 Å². The van der Waals surface area contributed by atoms with Crippen LogP contribution >= 0.6 is 11.8 Å². The third-order valence-electron chi connectivity index (χ3n) is 7.37. The SMILES string of the molecule is COc1ccc2ncc(N(C)C)c(C(F)CCC3(CO)CCN(CCSc4ccccn4)CC3)c2c1. The van der Waals surface area contributed by atoms with Crippen molar-refractivity contribution in [2.75, 3.05) is 58.1 Å². The van der Waals surface area contributed by atoms with Crippen molar-refractivity contribution in [1.82, 2.24) is 14.9 Å². The molecule has 1 fully saturated rings. The average molecular weight is 513 g/mol. The topological polar surface area (TPSA) is 61.7 Å². The number of thioether (sulfide) groups is 1. The number of fused-ring (bicyclic) bond motifs is 1. The van der Waals surface area contributed by atoms with Gasteiger partial charge in [0.2, 0.25) is 0 Å². The fourth-order valence-electron chi connectivity index (χ4n) is 5.02. The van der Waals surface area contributed by atoms with Crippen LogP contribution in [0.2, 0.25) is 0 Å². The van der Waals surface area contributed by atoms with E-state index in [1.807, 2.05) is 61.6 Å². The highest BCUT2D eigenvalue weighted by molar-refractivity contribution is 7.99. The molecular formula is C28H37FN4O2S. The molecule has 1 aliphatic heterocycles. The van der Waals surface area contributed by atoms with Crippen LogP contribution in [0.5, 0.6) is 5.75 Å². The molecule has 0 radical (unpaired) electrons. The Bertz CT molecular complexity index is 1120. The van der Waals surface area contributed by atoms with Gasteiger partial charge in [-0.05, 0) is 74.5 Å². The largest absolute Gasteiger partial charge is 0.497 e. The van der Waals surface area contributed by atoms with Gasteiger partial charge in [0.1, 0.15) is 11.9 Å². The molecule has 36 heavy (non-hydrogen) atoms. The van der Waals surface area contributed by atoms with Gasteiger partial charge in [-0.3, -0.25) is 4.98 Å². The number of rotatable bonds is 11. The van der Waals surface area contributed by atoms with Gasteiger partial charge in [0.15, 0.2) is 0 Å². The average Bonchev–Trinajstić information content (AvgIpc) is 2.92. The molecule has 2 aromatic heterocycles. The van der Waals surface area contributed by atoms with E-state index in [1.54, 1.807) is 25.1 Å². The molecule has 1 aliphatic rings. The first-order chi connectivity index (χ1) is 17.4. The zero-order valence-corrected chi connectivity index (χ0v) is 22.3. The summed E-state index contributed by atoms with van der Waals surface area (Å²) in [6, 6.07) is 11.6. The van der Waals surface area contributed by atoms with Crippen molar-refractivity contribution in [3.05, 3.63) is 54.4 Å². The molecule has 4 rings (SSSR count). The number of halogens is 1. The molecule has 8 heteroatoms. The van der Waals surface area contributed by atoms with Gasteiger partial charge in [-0.2, -0.15) is 0 Å². The normalized spacial score (nSPS) is 16.7. The van der Waals surface area contributed by atoms with E-state index in [2.05, 4.69) is 14.9 Å². The fraction of sp³-hybridized carbons (Fsp3) is 0.500. The number of piperidine rings is 1. The molecule has 6 nitrogen and oxygen atoms in total. The minimum Gasteiger partial charge on any atom is -0.497 e. The molecule has 1 unspecified atom stereocenters. The second-order valence-corrected chi connectivity index (χ2v) is 11.0. The van der Waals surface area contributed by atoms with E-state index in [4.69, 9.17) is 4.74 Å². The summed E-state index contributed by atoms with van der Waals surface area (Å²) in [5.74, 6) is 1.68. The van der Waals surface area contributed by atoms with Gasteiger partial charge in [0, 0.05) is 50.1 Å². The third-order valence-corrected chi connectivity index (χ3v) is 8.29. The monoisotopic (exact) mass is 512 g/mol. The number of pyridine rings is 2. The van der Waals surface area contributed by atoms with Crippen LogP contribution in [0.4, 0.5) is 10.1 Å². The number of ether oxygens (including phenoxy) is 1. The summed E-state index contributed by atoms with van der Waals surface area (Å²) in [6.07, 6.45) is 5.21. The number of aliphatic hydroxyl groups excluding tert-OH is 1. The first-order valence-electron chi connectivity index (χ1n) is 12.6. The number of anilines is 1. The molecule has 1 atom stereocenters. The predicted octanol–water partition coefficient (Wildman–Crippen LogP) is 5.36. The van der Waals surface area contributed by atoms with E-state index in [-0.39, 0.29) is 12.0 Å². The van der Waals surface area contributed by atoms with Crippen molar-refractivity contribution in [1.29, 1.82) is 0 Å². The second kappa shape index (κ2) is 12.2. The molecular weight excluding hydrogens is 475 g/mol. The number of likely N-dealkylation sites (tertiary alicyclic amines) is 1. The molecule has 3 heterocycles. The van der Waals surface area contributed by atoms with Crippen molar-refractivity contribution < 1.29 is 14.2 Å². The number of hydrogen-bond acceptors (Lipinski definition) is 7. The number of hydrogen-bond donors (Lipinski definition) is 1. The van der Waals surface area contributed by atoms with Crippen molar-refractivity contribution >= 4 is 28.4 Å². The maximum Gasteiger partial charge on any atom is 0.128 e. The van der Waals surface area contributed by atoms with Crippen molar-refractivity contribution in [3.63, 3.8) is 0 Å². The molecule has 3 aromatic rings. The number of alkyl halides is 1. The van der Waals surface area contributed by atoms with E-state index in [9.17, 15) is 5.11 Å². The molecule has 1 aromatic carbocycles. The summed E-state index contributed by atoms with van der Waals surface area (Å²) in [7, 11) is 5.44. The van der Waals surface area contributed by atoms with Crippen LogP contribution < -0.4 is 9.64 Å². The first kappa shape index (κ1) is 26.6. The van der Waals surface area contributed by atoms with Crippen LogP contribution in [0, 0.1) is 5.41 Å². The molecule has 0 saturated carbocycles. The maximum atomic E-state index is 16.0. The van der Waals surface area contributed by atoms with Gasteiger partial charge in [-0.1, -0.05) is 6.07 Å². The Hall–Kier alpha value is -2.42. The molecule has 194 valence electrons. The van der Waals surface area contributed by atoms with Crippen molar-refractivity contribution in [2.45, 2.75) is 36.9 Å². The maximum absolute atomic E-state index is 16.0. The summed E-state index contributed by atoms with van der Waals surface area (Å²) >= 11 is 1.77. The third kappa shape index (κ3) is 6.28. The van der Waals surface area contributed by atoms with Gasteiger partial charge in [-0.25, -0.2) is 9.37 Å². The van der Waals surface area contributed by atoms with E-state index in [0.717, 1.165) is 59.8 Å². The first-order valence-corrected chi connectivity index (χ1v) is 13.6. The Morgan fingerprint density at radius 1 is 1.19 bits per heavy atom. The quantitative estimate of drug-likeness (QED) is 0.347. The smallest absolute Gasteiger partial charge is 0.128 e. The summed E-state index contributed by atoms with van der Waals surface area (Å²) in [5.41, 5.74) is 1.96. The summed E-state index contributed by atoms with van der Waals surface area (Å²) < 4.78 is 21.4. The van der Waals surface area contributed by atoms with Gasteiger partial charge in [0.05, 0.1) is 29.5 Å². The molecule has 0 aliphatic carbocycles. The number of benzene rings is 1. The molecule has 1 N–H and O–H groups in total. The van der Waals surface area contributed by atoms with Crippen molar-refractivity contribution in [2.24, 2.45) is 5.41 Å². The summed E-state index contributed by atoms with van der Waals surface area (Å²) in [5, 5.41) is 12.2. The molecule has 0 spiro atoms. The van der Waals surface area contributed by atoms with Gasteiger partial charge >= 0.3 is 0 Å². The van der Waals surface area contributed by atoms with Gasteiger partial charge in [0.25, 0.3) is 0 Å². The van der Waals surface area contributed by atoms with E-state index in [1.165, 1.54) is 0 Å². The predicted molar refractivity (Wildman–Crippen MR) is 146 cm³/mol. The van der Waals surface area contributed by atoms with Crippen molar-refractivity contribution in [3.8, 4) is 5.75 Å². The lowest BCUT2D eigenvalue weighted by Gasteiger charge is -2.41. The Kier molecular flexibility index (Phi) is 9.04. The fourth-order valence-corrected chi connectivity index (χ4v) is 5.89. The second-order valence-electron chi connectivity index (χ2n) is 9.86. The Morgan fingerprint density at radius 2 is 2.00 bits per heavy atom. The lowest BCUT2D eigenvalue weighted by atomic mass is 9.74. The zero-order chi connectivity index (χ0) is 25.5. The standard InChI is InChI=1S/C28H37FN4O2S/c1-32(2)25-19-31-24-8-7-21(35-3)18-22(24)27(25)23(29)9-10-28(20-34)11-14-33(15-12-28)16-17-36-26-6-4-5-13-30-26/h4-8,13,18-19,23,34H,9-12,14-17,20H2,1-3H3. The Balaban J connectivity index is 1.39. The molecule has 0 bridgehead atoms. The number of methoxy groups -OCH3 is 1. The lowest BCUT2D eigenvalue weighted by molar-refractivity contribution is 0.0323. The van der Waals surface area contributed by atoms with Crippen LogP contribution in [0.25, 0.3) is 10.9 Å².